The summed E-state index contributed by atoms with van der Waals surface area (Å²) in [5.41, 5.74) is 7.76. The van der Waals surface area contributed by atoms with Gasteiger partial charge in [-0.3, -0.25) is 4.79 Å². The highest BCUT2D eigenvalue weighted by molar-refractivity contribution is 7.16. The number of nitrogens with one attached hydrogen (secondary N) is 1. The van der Waals surface area contributed by atoms with E-state index in [4.69, 9.17) is 4.74 Å². The Morgan fingerprint density at radius 2 is 1.82 bits per heavy atom. The number of fused-ring (bicyclic) bond motifs is 1. The summed E-state index contributed by atoms with van der Waals surface area (Å²) >= 11 is 1.62. The van der Waals surface area contributed by atoms with Gasteiger partial charge in [-0.2, -0.15) is 0 Å². The molecule has 1 amide bonds. The Bertz CT molecular complexity index is 1210. The molecule has 8 nitrogen and oxygen atoms in total. The molecule has 39 heavy (non-hydrogen) atoms. The van der Waals surface area contributed by atoms with E-state index >= 15 is 0 Å². The molecule has 2 unspecified atom stereocenters. The highest BCUT2D eigenvalue weighted by Gasteiger charge is 2.34. The number of thiazole rings is 1. The van der Waals surface area contributed by atoms with Gasteiger partial charge in [0.05, 0.1) is 15.7 Å². The van der Waals surface area contributed by atoms with E-state index in [-0.39, 0.29) is 6.61 Å². The lowest BCUT2D eigenvalue weighted by molar-refractivity contribution is -0.166. The number of amides is 1. The molecule has 3 N–H and O–H groups in total. The lowest BCUT2D eigenvalue weighted by Crippen LogP contribution is -2.48. The van der Waals surface area contributed by atoms with Gasteiger partial charge in [0, 0.05) is 32.4 Å². The lowest BCUT2D eigenvalue weighted by Gasteiger charge is -2.25. The van der Waals surface area contributed by atoms with Crippen LogP contribution >= 0.6 is 11.3 Å². The lowest BCUT2D eigenvalue weighted by atomic mass is 10.0. The van der Waals surface area contributed by atoms with Gasteiger partial charge in [0.1, 0.15) is 0 Å². The molecule has 1 heterocycles. The van der Waals surface area contributed by atoms with Crippen LogP contribution in [0.15, 0.2) is 41.9 Å². The molecule has 0 saturated carbocycles. The van der Waals surface area contributed by atoms with E-state index in [2.05, 4.69) is 48.4 Å². The van der Waals surface area contributed by atoms with Crippen LogP contribution in [-0.4, -0.2) is 70.9 Å². The Morgan fingerprint density at radius 3 is 2.59 bits per heavy atom. The first-order valence-electron chi connectivity index (χ1n) is 13.7. The number of hydrogen-bond acceptors (Lipinski definition) is 7. The minimum absolute atomic E-state index is 0.223. The number of aliphatic carboxylic acids is 1. The number of rotatable bonds is 17. The number of aryl methyl sites for hydroxylation is 3. The van der Waals surface area contributed by atoms with Crippen LogP contribution in [0.3, 0.4) is 0 Å². The first-order chi connectivity index (χ1) is 18.8. The molecule has 0 spiro atoms. The summed E-state index contributed by atoms with van der Waals surface area (Å²) in [4.78, 5) is 30.1. The average Bonchev–Trinajstić information content (AvgIpc) is 3.39. The molecule has 0 radical (unpaired) electrons. The molecule has 0 fully saturated rings. The van der Waals surface area contributed by atoms with Crippen molar-refractivity contribution in [1.82, 2.24) is 9.88 Å². The third-order valence-corrected chi connectivity index (χ3v) is 7.76. The van der Waals surface area contributed by atoms with Crippen LogP contribution < -0.4 is 5.32 Å². The number of carboxylic acid groups (broad SMARTS) is 1. The molecule has 9 heteroatoms. The predicted octanol–water partition coefficient (Wildman–Crippen LogP) is 5.20. The second kappa shape index (κ2) is 15.5. The molecule has 2 atom stereocenters. The number of aliphatic hydroxyl groups excluding tert-OH is 1. The van der Waals surface area contributed by atoms with E-state index in [0.29, 0.717) is 13.0 Å². The Balaban J connectivity index is 1.34. The summed E-state index contributed by atoms with van der Waals surface area (Å²) in [6.45, 7) is 5.71. The van der Waals surface area contributed by atoms with Gasteiger partial charge < -0.3 is 25.2 Å². The number of hydrogen-bond donors (Lipinski definition) is 3. The topological polar surface area (TPSA) is 112 Å². The van der Waals surface area contributed by atoms with Crippen LogP contribution in [0.25, 0.3) is 10.2 Å². The van der Waals surface area contributed by atoms with Crippen molar-refractivity contribution in [3.63, 3.8) is 0 Å². The van der Waals surface area contributed by atoms with Gasteiger partial charge in [-0.1, -0.05) is 24.6 Å². The van der Waals surface area contributed by atoms with E-state index in [1.54, 1.807) is 18.4 Å². The number of unbranched alkanes of at least 4 members (excludes halogenated alkanes) is 4. The summed E-state index contributed by atoms with van der Waals surface area (Å²) in [5.74, 6) is -1.96. The van der Waals surface area contributed by atoms with E-state index in [0.717, 1.165) is 61.0 Å². The molecule has 3 rings (SSSR count). The van der Waals surface area contributed by atoms with Crippen molar-refractivity contribution < 1.29 is 24.5 Å². The maximum absolute atomic E-state index is 12.9. The van der Waals surface area contributed by atoms with Crippen molar-refractivity contribution in [2.45, 2.75) is 71.0 Å². The zero-order chi connectivity index (χ0) is 28.2. The number of likely N-dealkylation sites (N-methyl/N-ethyl adjacent to an activating group) is 1. The van der Waals surface area contributed by atoms with Crippen LogP contribution in [0.2, 0.25) is 0 Å². The number of ether oxygens (including phenoxy) is 1. The Kier molecular flexibility index (Phi) is 12.2. The van der Waals surface area contributed by atoms with Crippen LogP contribution in [0.5, 0.6) is 0 Å². The fourth-order valence-corrected chi connectivity index (χ4v) is 5.10. The van der Waals surface area contributed by atoms with Crippen molar-refractivity contribution in [1.29, 1.82) is 0 Å². The summed E-state index contributed by atoms with van der Waals surface area (Å²) in [5, 5.41) is 22.8. The quantitative estimate of drug-likeness (QED) is 0.196. The minimum atomic E-state index is -1.89. The zero-order valence-electron chi connectivity index (χ0n) is 23.2. The van der Waals surface area contributed by atoms with Crippen molar-refractivity contribution in [2.75, 3.05) is 32.1 Å². The Morgan fingerprint density at radius 1 is 1.03 bits per heavy atom. The van der Waals surface area contributed by atoms with Crippen molar-refractivity contribution in [3.8, 4) is 0 Å². The van der Waals surface area contributed by atoms with Crippen LogP contribution in [0.4, 0.5) is 5.69 Å². The summed E-state index contributed by atoms with van der Waals surface area (Å²) in [6.07, 6.45) is 2.81. The van der Waals surface area contributed by atoms with Gasteiger partial charge in [-0.25, -0.2) is 9.78 Å². The van der Waals surface area contributed by atoms with E-state index in [1.807, 2.05) is 17.6 Å². The van der Waals surface area contributed by atoms with Crippen LogP contribution in [-0.2, 0) is 20.7 Å². The molecule has 1 aromatic heterocycles. The molecule has 0 bridgehead atoms. The van der Waals surface area contributed by atoms with Crippen LogP contribution in [0, 0.1) is 13.8 Å². The summed E-state index contributed by atoms with van der Waals surface area (Å²) < 4.78 is 6.77. The van der Waals surface area contributed by atoms with Gasteiger partial charge >= 0.3 is 5.97 Å². The van der Waals surface area contributed by atoms with E-state index < -0.39 is 24.1 Å². The average molecular weight is 556 g/mol. The number of benzene rings is 2. The Hall–Kier alpha value is -3.01. The fourth-order valence-electron chi connectivity index (χ4n) is 4.38. The smallest absolute Gasteiger partial charge is 0.335 e. The largest absolute Gasteiger partial charge is 0.479 e. The normalized spacial score (nSPS) is 12.8. The second-order valence-electron chi connectivity index (χ2n) is 10.1. The van der Waals surface area contributed by atoms with Crippen LogP contribution in [0.1, 0.15) is 55.2 Å². The van der Waals surface area contributed by atoms with Gasteiger partial charge in [-0.05, 0) is 87.3 Å². The SMILES string of the molecule is Cc1ccc(CCCCCOC(C(=O)N(C)CCCCCNc2ccc3ncsc3c2)C(O)C(=O)O)cc1C. The van der Waals surface area contributed by atoms with Gasteiger partial charge in [0.2, 0.25) is 0 Å². The molecule has 3 aromatic rings. The second-order valence-corrected chi connectivity index (χ2v) is 11.0. The number of carbonyl (C=O) groups excluding carboxylic acids is 1. The molecule has 0 aliphatic carbocycles. The monoisotopic (exact) mass is 555 g/mol. The maximum Gasteiger partial charge on any atom is 0.335 e. The summed E-state index contributed by atoms with van der Waals surface area (Å²) in [7, 11) is 1.62. The zero-order valence-corrected chi connectivity index (χ0v) is 24.0. The molecular weight excluding hydrogens is 514 g/mol. The highest BCUT2D eigenvalue weighted by atomic mass is 32.1. The maximum atomic E-state index is 12.9. The van der Waals surface area contributed by atoms with E-state index in [1.165, 1.54) is 21.6 Å². The van der Waals surface area contributed by atoms with Gasteiger partial charge in [0.25, 0.3) is 5.91 Å². The number of carboxylic acids is 1. The predicted molar refractivity (Wildman–Crippen MR) is 156 cm³/mol. The molecule has 0 aliphatic heterocycles. The third-order valence-electron chi connectivity index (χ3n) is 6.97. The molecule has 0 saturated heterocycles. The first-order valence-corrected chi connectivity index (χ1v) is 14.5. The molecule has 2 aromatic carbocycles. The number of carbonyl (C=O) groups is 2. The molecule has 212 valence electrons. The number of nitrogens with zero attached hydrogens (tertiary/aromatic N) is 2. The molecular formula is C30H41N3O5S. The number of aliphatic hydroxyl groups is 1. The minimum Gasteiger partial charge on any atom is -0.479 e. The van der Waals surface area contributed by atoms with E-state index in [9.17, 15) is 19.8 Å². The van der Waals surface area contributed by atoms with Gasteiger partial charge in [0.15, 0.2) is 12.2 Å². The van der Waals surface area contributed by atoms with Crippen molar-refractivity contribution in [2.24, 2.45) is 0 Å². The third kappa shape index (κ3) is 9.60. The highest BCUT2D eigenvalue weighted by Crippen LogP contribution is 2.22. The standard InChI is InChI=1S/C30H41N3O5S/c1-21-11-12-23(18-22(21)2)10-6-4-9-17-38-28(27(34)30(36)37)29(35)33(3)16-8-5-7-15-31-24-13-14-25-26(19-24)39-20-32-25/h11-14,18-20,27-28,31,34H,4-10,15-17H2,1-3H3,(H,36,37). The van der Waals surface area contributed by atoms with Gasteiger partial charge in [-0.15, -0.1) is 11.3 Å². The van der Waals surface area contributed by atoms with Crippen molar-refractivity contribution >= 4 is 39.1 Å². The van der Waals surface area contributed by atoms with Crippen molar-refractivity contribution in [3.05, 3.63) is 58.6 Å². The first kappa shape index (κ1) is 30.5. The fraction of sp³-hybridized carbons (Fsp3) is 0.500. The number of aromatic nitrogens is 1. The molecule has 0 aliphatic rings. The summed E-state index contributed by atoms with van der Waals surface area (Å²) in [6, 6.07) is 12.6. The Labute approximate surface area is 235 Å². The number of anilines is 1.